The van der Waals surface area contributed by atoms with Gasteiger partial charge in [0.15, 0.2) is 0 Å². The fourth-order valence-electron chi connectivity index (χ4n) is 1.84. The summed E-state index contributed by atoms with van der Waals surface area (Å²) in [5.41, 5.74) is -0.514. The highest BCUT2D eigenvalue weighted by molar-refractivity contribution is 5.77. The molecule has 90 valence electrons. The number of hydrogen-bond donors (Lipinski definition) is 0. The average Bonchev–Trinajstić information content (AvgIpc) is 2.29. The van der Waals surface area contributed by atoms with Crippen LogP contribution in [0.5, 0.6) is 0 Å². The van der Waals surface area contributed by atoms with Gasteiger partial charge in [-0.15, -0.1) is 0 Å². The summed E-state index contributed by atoms with van der Waals surface area (Å²) in [6.45, 7) is 4.47. The van der Waals surface area contributed by atoms with Crippen LogP contribution in [-0.4, -0.2) is 26.8 Å². The largest absolute Gasteiger partial charge is 0.469 e. The second kappa shape index (κ2) is 5.30. The molecule has 0 N–H and O–H groups in total. The highest BCUT2D eigenvalue weighted by Gasteiger charge is 2.35. The Bertz CT molecular complexity index is 288. The van der Waals surface area contributed by atoms with Crippen LogP contribution in [0.4, 0.5) is 0 Å². The van der Waals surface area contributed by atoms with Crippen molar-refractivity contribution < 1.29 is 14.3 Å². The Hall–Kier alpha value is -1.09. The van der Waals surface area contributed by atoms with Gasteiger partial charge < -0.3 is 9.47 Å². The van der Waals surface area contributed by atoms with Crippen molar-refractivity contribution in [3.63, 3.8) is 0 Å². The lowest BCUT2D eigenvalue weighted by atomic mass is 9.76. The second-order valence-corrected chi connectivity index (χ2v) is 4.63. The van der Waals surface area contributed by atoms with Gasteiger partial charge in [-0.05, 0) is 13.8 Å². The van der Waals surface area contributed by atoms with Crippen molar-refractivity contribution in [3.8, 4) is 0 Å². The summed E-state index contributed by atoms with van der Waals surface area (Å²) in [5, 5.41) is 0. The van der Waals surface area contributed by atoms with Crippen LogP contribution >= 0.6 is 0 Å². The van der Waals surface area contributed by atoms with E-state index in [-0.39, 0.29) is 11.9 Å². The number of rotatable bonds is 4. The zero-order chi connectivity index (χ0) is 12.2. The van der Waals surface area contributed by atoms with Crippen molar-refractivity contribution in [1.29, 1.82) is 0 Å². The van der Waals surface area contributed by atoms with Gasteiger partial charge in [0.2, 0.25) is 0 Å². The van der Waals surface area contributed by atoms with E-state index < -0.39 is 5.41 Å². The van der Waals surface area contributed by atoms with Crippen LogP contribution in [0.3, 0.4) is 0 Å². The fourth-order valence-corrected chi connectivity index (χ4v) is 1.84. The third-order valence-electron chi connectivity index (χ3n) is 3.04. The van der Waals surface area contributed by atoms with Crippen LogP contribution < -0.4 is 0 Å². The van der Waals surface area contributed by atoms with E-state index in [1.165, 1.54) is 7.11 Å². The van der Waals surface area contributed by atoms with Gasteiger partial charge in [-0.3, -0.25) is 4.79 Å². The third kappa shape index (κ3) is 2.73. The zero-order valence-electron chi connectivity index (χ0n) is 10.4. The minimum Gasteiger partial charge on any atom is -0.469 e. The standard InChI is InChI=1S/C13H20O3/c1-13(2,12(14)16-4)11-7-5-10(6-8-11)9-15-3/h5-8,10-11H,9H2,1-4H3. The maximum atomic E-state index is 11.6. The summed E-state index contributed by atoms with van der Waals surface area (Å²) in [7, 11) is 3.11. The van der Waals surface area contributed by atoms with Crippen LogP contribution in [0.2, 0.25) is 0 Å². The molecule has 0 saturated heterocycles. The molecule has 0 aromatic carbocycles. The number of methoxy groups -OCH3 is 2. The van der Waals surface area contributed by atoms with Crippen LogP contribution in [-0.2, 0) is 14.3 Å². The van der Waals surface area contributed by atoms with Crippen LogP contribution in [0.1, 0.15) is 13.8 Å². The van der Waals surface area contributed by atoms with E-state index in [0.29, 0.717) is 12.5 Å². The Morgan fingerprint density at radius 2 is 1.75 bits per heavy atom. The molecule has 0 heterocycles. The van der Waals surface area contributed by atoms with E-state index in [0.717, 1.165) is 0 Å². The monoisotopic (exact) mass is 224 g/mol. The number of ether oxygens (including phenoxy) is 2. The molecule has 0 spiro atoms. The van der Waals surface area contributed by atoms with Gasteiger partial charge in [0.05, 0.1) is 19.1 Å². The van der Waals surface area contributed by atoms with E-state index in [4.69, 9.17) is 9.47 Å². The van der Waals surface area contributed by atoms with Crippen molar-refractivity contribution in [2.45, 2.75) is 13.8 Å². The zero-order valence-corrected chi connectivity index (χ0v) is 10.4. The molecule has 0 bridgehead atoms. The Labute approximate surface area is 97.1 Å². The van der Waals surface area contributed by atoms with Gasteiger partial charge in [0.1, 0.15) is 0 Å². The molecule has 0 aromatic rings. The lowest BCUT2D eigenvalue weighted by molar-refractivity contribution is -0.152. The van der Waals surface area contributed by atoms with Gasteiger partial charge in [0, 0.05) is 18.9 Å². The summed E-state index contributed by atoms with van der Waals surface area (Å²) in [6, 6.07) is 0. The van der Waals surface area contributed by atoms with Gasteiger partial charge >= 0.3 is 5.97 Å². The van der Waals surface area contributed by atoms with Crippen LogP contribution in [0.25, 0.3) is 0 Å². The molecular formula is C13H20O3. The summed E-state index contributed by atoms with van der Waals surface area (Å²) >= 11 is 0. The SMILES string of the molecule is COCC1C=CC(C(C)(C)C(=O)OC)C=C1. The number of allylic oxidation sites excluding steroid dienone is 2. The Morgan fingerprint density at radius 3 is 2.19 bits per heavy atom. The van der Waals surface area contributed by atoms with Crippen molar-refractivity contribution >= 4 is 5.97 Å². The molecule has 0 unspecified atom stereocenters. The fraction of sp³-hybridized carbons (Fsp3) is 0.615. The van der Waals surface area contributed by atoms with Crippen molar-refractivity contribution in [3.05, 3.63) is 24.3 Å². The number of esters is 1. The highest BCUT2D eigenvalue weighted by atomic mass is 16.5. The molecule has 0 saturated carbocycles. The summed E-state index contributed by atoms with van der Waals surface area (Å²) < 4.78 is 9.89. The first kappa shape index (κ1) is 13.0. The van der Waals surface area contributed by atoms with E-state index in [2.05, 4.69) is 24.3 Å². The minimum atomic E-state index is -0.514. The minimum absolute atomic E-state index is 0.0908. The first-order chi connectivity index (χ1) is 7.52. The molecule has 0 amide bonds. The van der Waals surface area contributed by atoms with Crippen LogP contribution in [0, 0.1) is 17.3 Å². The Kier molecular flexibility index (Phi) is 4.30. The lowest BCUT2D eigenvalue weighted by Crippen LogP contribution is -2.33. The van der Waals surface area contributed by atoms with E-state index in [9.17, 15) is 4.79 Å². The molecule has 3 nitrogen and oxygen atoms in total. The molecule has 0 atom stereocenters. The lowest BCUT2D eigenvalue weighted by Gasteiger charge is -2.29. The molecule has 0 aromatic heterocycles. The first-order valence-electron chi connectivity index (χ1n) is 5.46. The maximum Gasteiger partial charge on any atom is 0.312 e. The smallest absolute Gasteiger partial charge is 0.312 e. The van der Waals surface area contributed by atoms with Gasteiger partial charge in [-0.1, -0.05) is 24.3 Å². The van der Waals surface area contributed by atoms with E-state index in [1.54, 1.807) is 7.11 Å². The molecule has 1 rings (SSSR count). The summed E-state index contributed by atoms with van der Waals surface area (Å²) in [4.78, 5) is 11.6. The molecule has 0 fully saturated rings. The van der Waals surface area contributed by atoms with Crippen LogP contribution in [0.15, 0.2) is 24.3 Å². The molecule has 16 heavy (non-hydrogen) atoms. The highest BCUT2D eigenvalue weighted by Crippen LogP contribution is 2.33. The van der Waals surface area contributed by atoms with E-state index in [1.807, 2.05) is 13.8 Å². The number of hydrogen-bond acceptors (Lipinski definition) is 3. The third-order valence-corrected chi connectivity index (χ3v) is 3.04. The second-order valence-electron chi connectivity index (χ2n) is 4.63. The molecule has 0 aliphatic heterocycles. The predicted octanol–water partition coefficient (Wildman–Crippen LogP) is 2.19. The molecule has 0 radical (unpaired) electrons. The normalized spacial score (nSPS) is 24.5. The molecule has 3 heteroatoms. The Morgan fingerprint density at radius 1 is 1.19 bits per heavy atom. The van der Waals surface area contributed by atoms with Crippen molar-refractivity contribution in [2.75, 3.05) is 20.8 Å². The molecule has 1 aliphatic carbocycles. The molecular weight excluding hydrogens is 204 g/mol. The Balaban J connectivity index is 2.69. The quantitative estimate of drug-likeness (QED) is 0.542. The number of carbonyl (C=O) groups is 1. The summed E-state index contributed by atoms with van der Waals surface area (Å²) in [5.74, 6) is 0.222. The topological polar surface area (TPSA) is 35.5 Å². The van der Waals surface area contributed by atoms with Gasteiger partial charge in [0.25, 0.3) is 0 Å². The first-order valence-corrected chi connectivity index (χ1v) is 5.46. The molecule has 1 aliphatic rings. The summed E-state index contributed by atoms with van der Waals surface area (Å²) in [6.07, 6.45) is 8.28. The van der Waals surface area contributed by atoms with Gasteiger partial charge in [-0.2, -0.15) is 0 Å². The number of carbonyl (C=O) groups excluding carboxylic acids is 1. The van der Waals surface area contributed by atoms with E-state index >= 15 is 0 Å². The average molecular weight is 224 g/mol. The maximum absolute atomic E-state index is 11.6. The van der Waals surface area contributed by atoms with Gasteiger partial charge in [-0.25, -0.2) is 0 Å². The predicted molar refractivity (Wildman–Crippen MR) is 62.9 cm³/mol. The van der Waals surface area contributed by atoms with Crippen molar-refractivity contribution in [1.82, 2.24) is 0 Å². The van der Waals surface area contributed by atoms with Crippen molar-refractivity contribution in [2.24, 2.45) is 17.3 Å².